The van der Waals surface area contributed by atoms with E-state index in [-0.39, 0.29) is 0 Å². The summed E-state index contributed by atoms with van der Waals surface area (Å²) in [6, 6.07) is 6.49. The first-order valence-corrected chi connectivity index (χ1v) is 11.4. The molecule has 4 rings (SSSR count). The quantitative estimate of drug-likeness (QED) is 0.550. The molecule has 0 aliphatic carbocycles. The van der Waals surface area contributed by atoms with Gasteiger partial charge >= 0.3 is 0 Å². The summed E-state index contributed by atoms with van der Waals surface area (Å²) >= 11 is 6.46. The van der Waals surface area contributed by atoms with Crippen LogP contribution in [0.15, 0.2) is 28.9 Å². The zero-order chi connectivity index (χ0) is 20.1. The summed E-state index contributed by atoms with van der Waals surface area (Å²) in [5.41, 5.74) is 1.87. The zero-order valence-corrected chi connectivity index (χ0v) is 18.2. The van der Waals surface area contributed by atoms with E-state index >= 15 is 0 Å². The van der Waals surface area contributed by atoms with Crippen LogP contribution in [0.5, 0.6) is 5.75 Å². The van der Waals surface area contributed by atoms with Crippen molar-refractivity contribution in [3.63, 3.8) is 0 Å². The van der Waals surface area contributed by atoms with E-state index in [1.165, 1.54) is 38.6 Å². The molecule has 0 N–H and O–H groups in total. The van der Waals surface area contributed by atoms with Crippen LogP contribution in [-0.2, 0) is 6.54 Å². The normalized spacial score (nSPS) is 21.0. The first-order chi connectivity index (χ1) is 14.2. The van der Waals surface area contributed by atoms with Crippen molar-refractivity contribution in [1.29, 1.82) is 0 Å². The van der Waals surface area contributed by atoms with E-state index in [1.807, 2.05) is 18.2 Å². The van der Waals surface area contributed by atoms with Gasteiger partial charge in [0.1, 0.15) is 12.0 Å². The molecule has 6 heteroatoms. The van der Waals surface area contributed by atoms with Gasteiger partial charge in [0.15, 0.2) is 0 Å². The maximum atomic E-state index is 6.46. The predicted octanol–water partition coefficient (Wildman–Crippen LogP) is 5.23. The summed E-state index contributed by atoms with van der Waals surface area (Å²) in [4.78, 5) is 9.64. The molecule has 29 heavy (non-hydrogen) atoms. The highest BCUT2D eigenvalue weighted by molar-refractivity contribution is 6.32. The Morgan fingerprint density at radius 2 is 2.03 bits per heavy atom. The van der Waals surface area contributed by atoms with Gasteiger partial charge in [-0.3, -0.25) is 4.90 Å². The van der Waals surface area contributed by atoms with Gasteiger partial charge in [0.25, 0.3) is 0 Å². The monoisotopic (exact) mass is 417 g/mol. The van der Waals surface area contributed by atoms with Crippen LogP contribution in [0.25, 0.3) is 11.5 Å². The number of hydrogen-bond acceptors (Lipinski definition) is 5. The molecule has 0 radical (unpaired) electrons. The smallest absolute Gasteiger partial charge is 0.226 e. The molecule has 0 amide bonds. The van der Waals surface area contributed by atoms with Gasteiger partial charge in [-0.15, -0.1) is 0 Å². The zero-order valence-electron chi connectivity index (χ0n) is 17.4. The third-order valence-corrected chi connectivity index (χ3v) is 6.40. The molecule has 3 heterocycles. The summed E-state index contributed by atoms with van der Waals surface area (Å²) in [6.45, 7) is 8.45. The molecule has 2 fully saturated rings. The van der Waals surface area contributed by atoms with E-state index in [9.17, 15) is 0 Å². The van der Waals surface area contributed by atoms with Crippen LogP contribution in [0, 0.1) is 0 Å². The Bertz CT molecular complexity index is 788. The van der Waals surface area contributed by atoms with Crippen LogP contribution in [0.3, 0.4) is 0 Å². The van der Waals surface area contributed by atoms with Crippen molar-refractivity contribution in [2.75, 3.05) is 32.8 Å². The average molecular weight is 418 g/mol. The van der Waals surface area contributed by atoms with Crippen molar-refractivity contribution < 1.29 is 9.15 Å². The number of oxazole rings is 1. The summed E-state index contributed by atoms with van der Waals surface area (Å²) < 4.78 is 11.6. The van der Waals surface area contributed by atoms with Crippen LogP contribution >= 0.6 is 11.6 Å². The van der Waals surface area contributed by atoms with Crippen LogP contribution < -0.4 is 4.74 Å². The highest BCUT2D eigenvalue weighted by Gasteiger charge is 2.19. The number of nitrogens with zero attached hydrogens (tertiary/aromatic N) is 3. The molecule has 2 saturated heterocycles. The molecule has 0 bridgehead atoms. The fourth-order valence-electron chi connectivity index (χ4n) is 4.38. The lowest BCUT2D eigenvalue weighted by molar-refractivity contribution is 0.218. The maximum absolute atomic E-state index is 6.46. The Kier molecular flexibility index (Phi) is 7.11. The second-order valence-corrected chi connectivity index (χ2v) is 8.76. The van der Waals surface area contributed by atoms with Crippen molar-refractivity contribution in [3.8, 4) is 17.2 Å². The number of benzene rings is 1. The maximum Gasteiger partial charge on any atom is 0.226 e. The molecule has 2 aromatic rings. The van der Waals surface area contributed by atoms with Crippen molar-refractivity contribution in [2.24, 2.45) is 0 Å². The van der Waals surface area contributed by atoms with E-state index in [0.717, 1.165) is 49.6 Å². The first-order valence-electron chi connectivity index (χ1n) is 11.0. The highest BCUT2D eigenvalue weighted by atomic mass is 35.5. The summed E-state index contributed by atoms with van der Waals surface area (Å²) in [5.74, 6) is 1.35. The number of piperidine rings is 1. The summed E-state index contributed by atoms with van der Waals surface area (Å²) in [6.07, 6.45) is 9.30. The van der Waals surface area contributed by atoms with Crippen LogP contribution in [0.4, 0.5) is 0 Å². The van der Waals surface area contributed by atoms with Crippen LogP contribution in [0.2, 0.25) is 5.02 Å². The second kappa shape index (κ2) is 9.96. The molecular formula is C23H32ClN3O2. The molecule has 1 aromatic heterocycles. The minimum absolute atomic E-state index is 0.604. The Morgan fingerprint density at radius 3 is 2.79 bits per heavy atom. The van der Waals surface area contributed by atoms with Gasteiger partial charge in [0.05, 0.1) is 17.3 Å². The Balaban J connectivity index is 1.29. The van der Waals surface area contributed by atoms with Gasteiger partial charge < -0.3 is 14.1 Å². The molecule has 0 saturated carbocycles. The Hall–Kier alpha value is -1.56. The third-order valence-electron chi connectivity index (χ3n) is 6.10. The van der Waals surface area contributed by atoms with Crippen molar-refractivity contribution in [1.82, 2.24) is 14.8 Å². The SMILES string of the molecule is CC1CCCN1CCCOc1ccc(-c2nc(CN3CCCCC3)co2)cc1Cl. The lowest BCUT2D eigenvalue weighted by atomic mass is 10.1. The molecule has 0 spiro atoms. The van der Waals surface area contributed by atoms with Gasteiger partial charge in [-0.2, -0.15) is 0 Å². The Labute approximate surface area is 179 Å². The van der Waals surface area contributed by atoms with E-state index < -0.39 is 0 Å². The number of likely N-dealkylation sites (tertiary alicyclic amines) is 2. The van der Waals surface area contributed by atoms with Crippen LogP contribution in [0.1, 0.15) is 51.1 Å². The lowest BCUT2D eigenvalue weighted by Crippen LogP contribution is -2.29. The molecule has 2 aliphatic heterocycles. The lowest BCUT2D eigenvalue weighted by Gasteiger charge is -2.25. The highest BCUT2D eigenvalue weighted by Crippen LogP contribution is 2.30. The number of hydrogen-bond donors (Lipinski definition) is 0. The topological polar surface area (TPSA) is 41.7 Å². The minimum atomic E-state index is 0.604. The van der Waals surface area contributed by atoms with E-state index in [1.54, 1.807) is 6.26 Å². The fraction of sp³-hybridized carbons (Fsp3) is 0.609. The molecule has 1 unspecified atom stereocenters. The van der Waals surface area contributed by atoms with E-state index in [0.29, 0.717) is 23.6 Å². The standard InChI is InChI=1S/C23H32ClN3O2/c1-18-7-5-12-27(18)13-6-14-28-22-9-8-19(15-21(22)24)23-25-20(17-29-23)16-26-10-3-2-4-11-26/h8-9,15,17-18H,2-7,10-14,16H2,1H3. The summed E-state index contributed by atoms with van der Waals surface area (Å²) in [5, 5.41) is 0.604. The minimum Gasteiger partial charge on any atom is -0.492 e. The largest absolute Gasteiger partial charge is 0.492 e. The van der Waals surface area contributed by atoms with Gasteiger partial charge in [-0.25, -0.2) is 4.98 Å². The van der Waals surface area contributed by atoms with Crippen LogP contribution in [-0.4, -0.2) is 53.6 Å². The molecule has 1 atom stereocenters. The molecule has 158 valence electrons. The Morgan fingerprint density at radius 1 is 1.17 bits per heavy atom. The molecule has 5 nitrogen and oxygen atoms in total. The van der Waals surface area contributed by atoms with E-state index in [4.69, 9.17) is 20.8 Å². The molecule has 2 aliphatic rings. The van der Waals surface area contributed by atoms with Crippen molar-refractivity contribution >= 4 is 11.6 Å². The number of rotatable bonds is 8. The second-order valence-electron chi connectivity index (χ2n) is 8.36. The van der Waals surface area contributed by atoms with Gasteiger partial charge in [0, 0.05) is 24.7 Å². The first kappa shape index (κ1) is 20.7. The third kappa shape index (κ3) is 5.53. The number of ether oxygens (including phenoxy) is 1. The summed E-state index contributed by atoms with van der Waals surface area (Å²) in [7, 11) is 0. The van der Waals surface area contributed by atoms with Crippen molar-refractivity contribution in [2.45, 2.75) is 58.0 Å². The van der Waals surface area contributed by atoms with Gasteiger partial charge in [0.2, 0.25) is 5.89 Å². The number of aromatic nitrogens is 1. The van der Waals surface area contributed by atoms with E-state index in [2.05, 4.69) is 21.7 Å². The number of halogens is 1. The molecular weight excluding hydrogens is 386 g/mol. The molecule has 1 aromatic carbocycles. The fourth-order valence-corrected chi connectivity index (χ4v) is 4.62. The van der Waals surface area contributed by atoms with Crippen molar-refractivity contribution in [3.05, 3.63) is 35.2 Å². The average Bonchev–Trinajstić information content (AvgIpc) is 3.36. The predicted molar refractivity (Wildman–Crippen MR) is 116 cm³/mol. The van der Waals surface area contributed by atoms with Gasteiger partial charge in [-0.1, -0.05) is 18.0 Å². The van der Waals surface area contributed by atoms with Gasteiger partial charge in [-0.05, 0) is 76.9 Å².